The first-order valence-electron chi connectivity index (χ1n) is 5.18. The van der Waals surface area contributed by atoms with Crippen LogP contribution in [0, 0.1) is 13.8 Å². The van der Waals surface area contributed by atoms with Gasteiger partial charge in [0.25, 0.3) is 5.56 Å². The van der Waals surface area contributed by atoms with E-state index in [-0.39, 0.29) is 16.8 Å². The van der Waals surface area contributed by atoms with Gasteiger partial charge in [-0.3, -0.25) is 4.79 Å². The Bertz CT molecular complexity index is 566. The Morgan fingerprint density at radius 2 is 1.95 bits per heavy atom. The predicted octanol–water partition coefficient (Wildman–Crippen LogP) is 2.06. The van der Waals surface area contributed by atoms with Gasteiger partial charge in [0.15, 0.2) is 0 Å². The summed E-state index contributed by atoms with van der Waals surface area (Å²) in [5.74, 6) is -5.82. The van der Waals surface area contributed by atoms with E-state index in [1.54, 1.807) is 0 Å². The summed E-state index contributed by atoms with van der Waals surface area (Å²) in [5.41, 5.74) is -1.48. The molecule has 106 valence electrons. The van der Waals surface area contributed by atoms with Crippen molar-refractivity contribution in [2.75, 3.05) is 0 Å². The van der Waals surface area contributed by atoms with Crippen LogP contribution in [0.3, 0.4) is 0 Å². The van der Waals surface area contributed by atoms with Crippen molar-refractivity contribution in [3.05, 3.63) is 33.2 Å². The van der Waals surface area contributed by atoms with Gasteiger partial charge in [-0.25, -0.2) is 13.6 Å². The molecule has 1 aromatic rings. The van der Waals surface area contributed by atoms with Crippen LogP contribution >= 0.6 is 0 Å². The van der Waals surface area contributed by atoms with Crippen LogP contribution in [-0.4, -0.2) is 28.0 Å². The molecule has 0 atom stereocenters. The van der Waals surface area contributed by atoms with E-state index in [1.807, 2.05) is 0 Å². The van der Waals surface area contributed by atoms with Crippen LogP contribution in [0.5, 0.6) is 0 Å². The van der Waals surface area contributed by atoms with E-state index < -0.39 is 30.4 Å². The number of aromatic nitrogens is 1. The maximum absolute atomic E-state index is 13.0. The van der Waals surface area contributed by atoms with E-state index in [0.717, 1.165) is 13.0 Å². The summed E-state index contributed by atoms with van der Waals surface area (Å²) in [5, 5.41) is 8.92. The highest BCUT2D eigenvalue weighted by atomic mass is 19.3. The fraction of sp³-hybridized carbons (Fsp3) is 0.455. The molecule has 0 unspecified atom stereocenters. The molecule has 0 bridgehead atoms. The van der Waals surface area contributed by atoms with Gasteiger partial charge in [0.05, 0.1) is 12.1 Å². The summed E-state index contributed by atoms with van der Waals surface area (Å²) in [6, 6.07) is 0.831. The van der Waals surface area contributed by atoms with Gasteiger partial charge >= 0.3 is 18.3 Å². The first kappa shape index (κ1) is 15.2. The minimum Gasteiger partial charge on any atom is -0.478 e. The molecule has 0 saturated heterocycles. The smallest absolute Gasteiger partial charge is 0.337 e. The Labute approximate surface area is 105 Å². The molecule has 1 heterocycles. The van der Waals surface area contributed by atoms with E-state index in [0.29, 0.717) is 4.57 Å². The van der Waals surface area contributed by atoms with E-state index >= 15 is 0 Å². The molecular formula is C11H11F4NO3. The largest absolute Gasteiger partial charge is 0.478 e. The van der Waals surface area contributed by atoms with Crippen molar-refractivity contribution >= 4 is 5.97 Å². The zero-order valence-electron chi connectivity index (χ0n) is 10.1. The highest BCUT2D eigenvalue weighted by molar-refractivity contribution is 5.90. The molecule has 0 amide bonds. The van der Waals surface area contributed by atoms with Crippen LogP contribution in [0.2, 0.25) is 0 Å². The highest BCUT2D eigenvalue weighted by Gasteiger charge is 2.41. The zero-order chi connectivity index (χ0) is 15.0. The summed E-state index contributed by atoms with van der Waals surface area (Å²) in [6.07, 6.45) is -3.94. The lowest BCUT2D eigenvalue weighted by atomic mass is 10.1. The number of carbonyl (C=O) groups is 1. The van der Waals surface area contributed by atoms with Gasteiger partial charge in [-0.2, -0.15) is 8.78 Å². The molecule has 4 nitrogen and oxygen atoms in total. The number of nitrogens with zero attached hydrogens (tertiary/aromatic N) is 1. The topological polar surface area (TPSA) is 59.3 Å². The molecule has 19 heavy (non-hydrogen) atoms. The summed E-state index contributed by atoms with van der Waals surface area (Å²) in [4.78, 5) is 22.5. The van der Waals surface area contributed by atoms with Gasteiger partial charge in [-0.05, 0) is 19.4 Å². The number of alkyl halides is 4. The van der Waals surface area contributed by atoms with Crippen molar-refractivity contribution in [1.82, 2.24) is 4.57 Å². The van der Waals surface area contributed by atoms with Crippen LogP contribution in [0.15, 0.2) is 10.9 Å². The molecule has 0 spiro atoms. The van der Waals surface area contributed by atoms with Crippen LogP contribution in [0.25, 0.3) is 0 Å². The minimum absolute atomic E-state index is 0.0895. The predicted molar refractivity (Wildman–Crippen MR) is 58.1 cm³/mol. The first-order chi connectivity index (χ1) is 8.58. The minimum atomic E-state index is -4.40. The van der Waals surface area contributed by atoms with Crippen LogP contribution in [-0.2, 0) is 6.54 Å². The van der Waals surface area contributed by atoms with Crippen molar-refractivity contribution in [2.24, 2.45) is 0 Å². The van der Waals surface area contributed by atoms with Crippen molar-refractivity contribution in [3.63, 3.8) is 0 Å². The molecule has 0 aromatic carbocycles. The number of aromatic carboxylic acids is 1. The Balaban J connectivity index is 3.42. The number of carboxylic acid groups (broad SMARTS) is 1. The molecule has 1 rings (SSSR count). The van der Waals surface area contributed by atoms with E-state index in [9.17, 15) is 27.2 Å². The Hall–Kier alpha value is -1.86. The third-order valence-corrected chi connectivity index (χ3v) is 2.67. The summed E-state index contributed by atoms with van der Waals surface area (Å²) >= 11 is 0. The molecule has 0 aliphatic heterocycles. The fourth-order valence-electron chi connectivity index (χ4n) is 1.72. The molecule has 0 saturated carbocycles. The standard InChI is InChI=1S/C11H11F4NO3/c1-5-3-7(17)16(4-11(14,15)10(12)13)6(2)8(5)9(18)19/h3,10H,4H2,1-2H3,(H,18,19). The normalized spacial score (nSPS) is 11.9. The maximum atomic E-state index is 13.0. The van der Waals surface area contributed by atoms with E-state index in [2.05, 4.69) is 0 Å². The average molecular weight is 281 g/mol. The second-order valence-corrected chi connectivity index (χ2v) is 4.08. The highest BCUT2D eigenvalue weighted by Crippen LogP contribution is 2.25. The number of hydrogen-bond acceptors (Lipinski definition) is 2. The van der Waals surface area contributed by atoms with Crippen LogP contribution < -0.4 is 5.56 Å². The first-order valence-corrected chi connectivity index (χ1v) is 5.18. The van der Waals surface area contributed by atoms with Crippen molar-refractivity contribution < 1.29 is 27.5 Å². The third kappa shape index (κ3) is 2.94. The molecule has 0 radical (unpaired) electrons. The lowest BCUT2D eigenvalue weighted by Gasteiger charge is -2.20. The maximum Gasteiger partial charge on any atom is 0.337 e. The second kappa shape index (κ2) is 5.02. The zero-order valence-corrected chi connectivity index (χ0v) is 10.1. The van der Waals surface area contributed by atoms with Gasteiger partial charge < -0.3 is 9.67 Å². The summed E-state index contributed by atoms with van der Waals surface area (Å²) in [6.45, 7) is 0.892. The number of rotatable bonds is 4. The summed E-state index contributed by atoms with van der Waals surface area (Å²) < 4.78 is 50.5. The fourth-order valence-corrected chi connectivity index (χ4v) is 1.72. The van der Waals surface area contributed by atoms with Crippen LogP contribution in [0.4, 0.5) is 17.6 Å². The quantitative estimate of drug-likeness (QED) is 0.859. The molecule has 8 heteroatoms. The number of carboxylic acids is 1. The molecule has 0 aliphatic rings. The molecule has 1 aromatic heterocycles. The van der Waals surface area contributed by atoms with E-state index in [4.69, 9.17) is 5.11 Å². The monoisotopic (exact) mass is 281 g/mol. The number of aryl methyl sites for hydroxylation is 1. The molecule has 1 N–H and O–H groups in total. The van der Waals surface area contributed by atoms with E-state index in [1.165, 1.54) is 6.92 Å². The lowest BCUT2D eigenvalue weighted by Crippen LogP contribution is -2.38. The second-order valence-electron chi connectivity index (χ2n) is 4.08. The number of hydrogen-bond donors (Lipinski definition) is 1. The lowest BCUT2D eigenvalue weighted by molar-refractivity contribution is -0.138. The molecule has 0 aliphatic carbocycles. The Kier molecular flexibility index (Phi) is 4.02. The van der Waals surface area contributed by atoms with Gasteiger partial charge in [0, 0.05) is 11.8 Å². The van der Waals surface area contributed by atoms with Gasteiger partial charge in [-0.1, -0.05) is 0 Å². The number of pyridine rings is 1. The van der Waals surface area contributed by atoms with Crippen molar-refractivity contribution in [1.29, 1.82) is 0 Å². The van der Waals surface area contributed by atoms with Crippen LogP contribution in [0.1, 0.15) is 21.6 Å². The van der Waals surface area contributed by atoms with Crippen molar-refractivity contribution in [2.45, 2.75) is 32.7 Å². The van der Waals surface area contributed by atoms with Crippen molar-refractivity contribution in [3.8, 4) is 0 Å². The summed E-state index contributed by atoms with van der Waals surface area (Å²) in [7, 11) is 0. The third-order valence-electron chi connectivity index (χ3n) is 2.67. The van der Waals surface area contributed by atoms with Gasteiger partial charge in [0.2, 0.25) is 0 Å². The van der Waals surface area contributed by atoms with Gasteiger partial charge in [-0.15, -0.1) is 0 Å². The number of halogens is 4. The SMILES string of the molecule is Cc1cc(=O)n(CC(F)(F)C(F)F)c(C)c1C(=O)O. The average Bonchev–Trinajstić information content (AvgIpc) is 2.23. The molecular weight excluding hydrogens is 270 g/mol. The Morgan fingerprint density at radius 3 is 2.37 bits per heavy atom. The molecule has 0 fully saturated rings. The Morgan fingerprint density at radius 1 is 1.42 bits per heavy atom. The van der Waals surface area contributed by atoms with Gasteiger partial charge in [0.1, 0.15) is 0 Å².